The van der Waals surface area contributed by atoms with E-state index in [1.165, 1.54) is 31.7 Å². The molecule has 116 valence electrons. The van der Waals surface area contributed by atoms with E-state index in [9.17, 15) is 13.2 Å². The van der Waals surface area contributed by atoms with Crippen molar-refractivity contribution < 1.29 is 13.2 Å². The van der Waals surface area contributed by atoms with Gasteiger partial charge >= 0.3 is 6.18 Å². The number of alkyl halides is 3. The van der Waals surface area contributed by atoms with Gasteiger partial charge in [0.1, 0.15) is 0 Å². The summed E-state index contributed by atoms with van der Waals surface area (Å²) in [6, 6.07) is 4.38. The number of hydrogen-bond donors (Lipinski definition) is 1. The third-order valence-electron chi connectivity index (χ3n) is 4.65. The highest BCUT2D eigenvalue weighted by Gasteiger charge is 2.35. The molecular formula is C16H19ClF3N. The van der Waals surface area contributed by atoms with Gasteiger partial charge in [-0.25, -0.2) is 0 Å². The summed E-state index contributed by atoms with van der Waals surface area (Å²) in [5.41, 5.74) is -0.239. The van der Waals surface area contributed by atoms with E-state index in [0.29, 0.717) is 5.69 Å². The molecule has 2 saturated carbocycles. The second-order valence-electron chi connectivity index (χ2n) is 6.30. The summed E-state index contributed by atoms with van der Waals surface area (Å²) < 4.78 is 38.6. The van der Waals surface area contributed by atoms with Crippen LogP contribution in [0.4, 0.5) is 18.9 Å². The van der Waals surface area contributed by atoms with E-state index in [-0.39, 0.29) is 11.1 Å². The van der Waals surface area contributed by atoms with Crippen LogP contribution in [0.3, 0.4) is 0 Å². The van der Waals surface area contributed by atoms with Gasteiger partial charge in [-0.15, -0.1) is 0 Å². The normalized spacial score (nSPS) is 26.7. The minimum absolute atomic E-state index is 0.243. The van der Waals surface area contributed by atoms with Crippen LogP contribution in [0.25, 0.3) is 0 Å². The number of benzene rings is 1. The Kier molecular flexibility index (Phi) is 4.08. The number of hydrogen-bond acceptors (Lipinski definition) is 1. The lowest BCUT2D eigenvalue weighted by Crippen LogP contribution is -2.28. The predicted molar refractivity (Wildman–Crippen MR) is 78.5 cm³/mol. The fourth-order valence-electron chi connectivity index (χ4n) is 3.42. The first kappa shape index (κ1) is 15.0. The largest absolute Gasteiger partial charge is 0.417 e. The van der Waals surface area contributed by atoms with Gasteiger partial charge in [0.15, 0.2) is 0 Å². The molecule has 0 aromatic heterocycles. The Morgan fingerprint density at radius 1 is 1.05 bits per heavy atom. The van der Waals surface area contributed by atoms with Crippen molar-refractivity contribution in [3.8, 4) is 0 Å². The van der Waals surface area contributed by atoms with Crippen molar-refractivity contribution in [1.82, 2.24) is 0 Å². The van der Waals surface area contributed by atoms with Crippen LogP contribution in [-0.4, -0.2) is 6.04 Å². The zero-order valence-electron chi connectivity index (χ0n) is 11.7. The quantitative estimate of drug-likeness (QED) is 0.749. The number of rotatable bonds is 3. The molecule has 3 rings (SSSR count). The molecule has 0 heterocycles. The second kappa shape index (κ2) is 5.71. The molecule has 2 atom stereocenters. The van der Waals surface area contributed by atoms with E-state index < -0.39 is 11.7 Å². The maximum atomic E-state index is 12.9. The monoisotopic (exact) mass is 317 g/mol. The molecule has 2 aliphatic carbocycles. The second-order valence-corrected chi connectivity index (χ2v) is 6.70. The van der Waals surface area contributed by atoms with Crippen molar-refractivity contribution in [3.63, 3.8) is 0 Å². The summed E-state index contributed by atoms with van der Waals surface area (Å²) in [6.45, 7) is 0. The number of nitrogens with one attached hydrogen (secondary N) is 1. The third kappa shape index (κ3) is 3.65. The van der Waals surface area contributed by atoms with Gasteiger partial charge in [-0.05, 0) is 55.7 Å². The fourth-order valence-corrected chi connectivity index (χ4v) is 3.65. The highest BCUT2D eigenvalue weighted by Crippen LogP contribution is 2.44. The first-order valence-corrected chi connectivity index (χ1v) is 7.94. The van der Waals surface area contributed by atoms with Gasteiger partial charge < -0.3 is 5.32 Å². The van der Waals surface area contributed by atoms with E-state index in [2.05, 4.69) is 5.32 Å². The van der Waals surface area contributed by atoms with Gasteiger partial charge in [0.25, 0.3) is 0 Å². The van der Waals surface area contributed by atoms with Crippen LogP contribution in [0, 0.1) is 11.8 Å². The van der Waals surface area contributed by atoms with Crippen molar-refractivity contribution in [2.24, 2.45) is 11.8 Å². The summed E-state index contributed by atoms with van der Waals surface area (Å²) in [5.74, 6) is 1.62. The molecule has 2 aliphatic rings. The van der Waals surface area contributed by atoms with E-state index in [1.807, 2.05) is 0 Å². The zero-order chi connectivity index (χ0) is 15.0. The Bertz CT molecular complexity index is 511. The Morgan fingerprint density at radius 2 is 1.81 bits per heavy atom. The van der Waals surface area contributed by atoms with Gasteiger partial charge in [0, 0.05) is 11.7 Å². The van der Waals surface area contributed by atoms with Crippen LogP contribution in [0.2, 0.25) is 5.02 Å². The van der Waals surface area contributed by atoms with Crippen LogP contribution >= 0.6 is 11.6 Å². The number of halogens is 4. The van der Waals surface area contributed by atoms with Crippen molar-refractivity contribution >= 4 is 17.3 Å². The highest BCUT2D eigenvalue weighted by atomic mass is 35.5. The molecule has 5 heteroatoms. The lowest BCUT2D eigenvalue weighted by molar-refractivity contribution is -0.137. The molecule has 1 aromatic rings. The average molecular weight is 318 g/mol. The average Bonchev–Trinajstić information content (AvgIpc) is 3.24. The smallest absolute Gasteiger partial charge is 0.382 e. The Balaban J connectivity index is 1.69. The maximum absolute atomic E-state index is 12.9. The van der Waals surface area contributed by atoms with Gasteiger partial charge in [0.2, 0.25) is 0 Å². The molecular weight excluding hydrogens is 299 g/mol. The molecule has 0 radical (unpaired) electrons. The minimum atomic E-state index is -4.40. The predicted octanol–water partition coefficient (Wildman–Crippen LogP) is 5.74. The van der Waals surface area contributed by atoms with E-state index in [4.69, 9.17) is 11.6 Å². The summed E-state index contributed by atoms with van der Waals surface area (Å²) in [6.07, 6.45) is 2.81. The van der Waals surface area contributed by atoms with Gasteiger partial charge in [-0.2, -0.15) is 13.2 Å². The van der Waals surface area contributed by atoms with Gasteiger partial charge in [-0.3, -0.25) is 0 Å². The molecule has 2 unspecified atom stereocenters. The van der Waals surface area contributed by atoms with Crippen LogP contribution in [0.15, 0.2) is 18.2 Å². The molecule has 1 N–H and O–H groups in total. The van der Waals surface area contributed by atoms with Crippen LogP contribution < -0.4 is 5.32 Å². The molecule has 1 nitrogen and oxygen atoms in total. The van der Waals surface area contributed by atoms with E-state index in [0.717, 1.165) is 30.7 Å². The van der Waals surface area contributed by atoms with Gasteiger partial charge in [0.05, 0.1) is 10.6 Å². The molecule has 0 amide bonds. The Morgan fingerprint density at radius 3 is 2.48 bits per heavy atom. The summed E-state index contributed by atoms with van der Waals surface area (Å²) in [4.78, 5) is 0. The molecule has 2 fully saturated rings. The maximum Gasteiger partial charge on any atom is 0.417 e. The molecule has 0 aliphatic heterocycles. The molecule has 1 aromatic carbocycles. The van der Waals surface area contributed by atoms with Crippen molar-refractivity contribution in [2.75, 3.05) is 5.32 Å². The number of anilines is 1. The molecule has 0 spiro atoms. The first-order chi connectivity index (χ1) is 9.93. The van der Waals surface area contributed by atoms with E-state index in [1.54, 1.807) is 6.07 Å². The first-order valence-electron chi connectivity index (χ1n) is 7.57. The lowest BCUT2D eigenvalue weighted by atomic mass is 9.82. The van der Waals surface area contributed by atoms with Crippen LogP contribution in [0.1, 0.15) is 44.1 Å². The standard InChI is InChI=1S/C16H19ClF3N/c17-15-7-6-13(9-14(15)16(18,19)20)21-12-3-1-2-11(8-12)10-4-5-10/h6-7,9-12,21H,1-5,8H2. The topological polar surface area (TPSA) is 12.0 Å². The van der Waals surface area contributed by atoms with Crippen molar-refractivity contribution in [3.05, 3.63) is 28.8 Å². The fraction of sp³-hybridized carbons (Fsp3) is 0.625. The molecule has 0 saturated heterocycles. The van der Waals surface area contributed by atoms with Crippen molar-refractivity contribution in [2.45, 2.75) is 50.7 Å². The molecule has 21 heavy (non-hydrogen) atoms. The van der Waals surface area contributed by atoms with Crippen LogP contribution in [-0.2, 0) is 6.18 Å². The Hall–Kier alpha value is -0.900. The van der Waals surface area contributed by atoms with Crippen LogP contribution in [0.5, 0.6) is 0 Å². The summed E-state index contributed by atoms with van der Waals surface area (Å²) in [7, 11) is 0. The SMILES string of the molecule is FC(F)(F)c1cc(NC2CCCC(C3CC3)C2)ccc1Cl. The Labute approximate surface area is 127 Å². The van der Waals surface area contributed by atoms with Crippen molar-refractivity contribution in [1.29, 1.82) is 0 Å². The lowest BCUT2D eigenvalue weighted by Gasteiger charge is -2.30. The minimum Gasteiger partial charge on any atom is -0.382 e. The van der Waals surface area contributed by atoms with E-state index >= 15 is 0 Å². The summed E-state index contributed by atoms with van der Waals surface area (Å²) >= 11 is 5.65. The zero-order valence-corrected chi connectivity index (χ0v) is 12.5. The van der Waals surface area contributed by atoms with Gasteiger partial charge in [-0.1, -0.05) is 24.4 Å². The molecule has 0 bridgehead atoms. The highest BCUT2D eigenvalue weighted by molar-refractivity contribution is 6.31. The summed E-state index contributed by atoms with van der Waals surface area (Å²) in [5, 5.41) is 3.03. The third-order valence-corrected chi connectivity index (χ3v) is 4.98.